The smallest absolute Gasteiger partial charge is 0.269 e. The molecule has 128 valence electrons. The van der Waals surface area contributed by atoms with Gasteiger partial charge in [0, 0.05) is 16.7 Å². The molecule has 0 atom stereocenters. The third-order valence-electron chi connectivity index (χ3n) is 3.80. The summed E-state index contributed by atoms with van der Waals surface area (Å²) in [6.07, 6.45) is 0. The molecule has 1 heterocycles. The van der Waals surface area contributed by atoms with Crippen molar-refractivity contribution in [3.05, 3.63) is 59.8 Å². The minimum atomic E-state index is -4.00. The van der Waals surface area contributed by atoms with Crippen molar-refractivity contribution in [3.63, 3.8) is 0 Å². The molecule has 0 fully saturated rings. The van der Waals surface area contributed by atoms with Gasteiger partial charge in [0.25, 0.3) is 5.91 Å². The number of aromatic nitrogens is 2. The standard InChI is InChI=1S/C17H16N4O3S/c1-10-6-8-11(9-7-10)15-14(16(17(18)22)21-20-15)12-4-2-3-5-13(12)25(19,23)24/h2-9H,1H3,(H2,18,22)(H,20,21)(H2,19,23,24). The van der Waals surface area contributed by atoms with Crippen LogP contribution in [0, 0.1) is 6.92 Å². The monoisotopic (exact) mass is 356 g/mol. The van der Waals surface area contributed by atoms with Gasteiger partial charge in [-0.25, -0.2) is 13.6 Å². The Hall–Kier alpha value is -2.97. The minimum absolute atomic E-state index is 0.0494. The molecule has 3 rings (SSSR count). The fourth-order valence-electron chi connectivity index (χ4n) is 2.63. The maximum atomic E-state index is 12.0. The van der Waals surface area contributed by atoms with Crippen LogP contribution in [0.4, 0.5) is 0 Å². The SMILES string of the molecule is Cc1ccc(-c2[nH]nc(C(N)=O)c2-c2ccccc2S(N)(=O)=O)cc1. The highest BCUT2D eigenvalue weighted by molar-refractivity contribution is 7.89. The number of aromatic amines is 1. The number of aryl methyl sites for hydroxylation is 1. The molecule has 8 heteroatoms. The van der Waals surface area contributed by atoms with Crippen LogP contribution in [0.2, 0.25) is 0 Å². The normalized spacial score (nSPS) is 11.4. The summed E-state index contributed by atoms with van der Waals surface area (Å²) in [5.74, 6) is -0.770. The molecule has 5 N–H and O–H groups in total. The number of nitrogens with one attached hydrogen (secondary N) is 1. The van der Waals surface area contributed by atoms with Crippen LogP contribution >= 0.6 is 0 Å². The molecular formula is C17H16N4O3S. The van der Waals surface area contributed by atoms with E-state index in [1.165, 1.54) is 6.07 Å². The van der Waals surface area contributed by atoms with Crippen LogP contribution in [0.5, 0.6) is 0 Å². The minimum Gasteiger partial charge on any atom is -0.364 e. The molecule has 3 aromatic rings. The van der Waals surface area contributed by atoms with E-state index in [4.69, 9.17) is 10.9 Å². The lowest BCUT2D eigenvalue weighted by Gasteiger charge is -2.10. The summed E-state index contributed by atoms with van der Waals surface area (Å²) in [7, 11) is -4.00. The summed E-state index contributed by atoms with van der Waals surface area (Å²) in [6.45, 7) is 1.95. The number of hydrogen-bond donors (Lipinski definition) is 3. The summed E-state index contributed by atoms with van der Waals surface area (Å²) in [5, 5.41) is 12.1. The van der Waals surface area contributed by atoms with Gasteiger partial charge in [-0.2, -0.15) is 5.10 Å². The van der Waals surface area contributed by atoms with Crippen LogP contribution in [0.15, 0.2) is 53.4 Å². The number of sulfonamides is 1. The van der Waals surface area contributed by atoms with Gasteiger partial charge in [-0.3, -0.25) is 9.89 Å². The molecule has 0 saturated heterocycles. The van der Waals surface area contributed by atoms with Gasteiger partial charge in [-0.15, -0.1) is 0 Å². The number of benzene rings is 2. The molecular weight excluding hydrogens is 340 g/mol. The van der Waals surface area contributed by atoms with Crippen molar-refractivity contribution in [3.8, 4) is 22.4 Å². The average molecular weight is 356 g/mol. The van der Waals surface area contributed by atoms with Crippen LogP contribution in [-0.2, 0) is 10.0 Å². The van der Waals surface area contributed by atoms with Crippen molar-refractivity contribution in [2.75, 3.05) is 0 Å². The van der Waals surface area contributed by atoms with Gasteiger partial charge in [0.05, 0.1) is 10.6 Å². The molecule has 1 amide bonds. The van der Waals surface area contributed by atoms with Crippen LogP contribution in [-0.4, -0.2) is 24.5 Å². The van der Waals surface area contributed by atoms with E-state index in [0.717, 1.165) is 11.1 Å². The molecule has 0 aliphatic heterocycles. The highest BCUT2D eigenvalue weighted by atomic mass is 32.2. The molecule has 2 aromatic carbocycles. The Bertz CT molecular complexity index is 1050. The zero-order valence-electron chi connectivity index (χ0n) is 13.4. The second-order valence-corrected chi connectivity index (χ2v) is 7.12. The summed E-state index contributed by atoms with van der Waals surface area (Å²) >= 11 is 0. The number of rotatable bonds is 4. The lowest BCUT2D eigenvalue weighted by atomic mass is 9.98. The second kappa shape index (κ2) is 6.15. The molecule has 0 saturated carbocycles. The molecule has 0 aliphatic carbocycles. The Morgan fingerprint density at radius 3 is 2.32 bits per heavy atom. The number of H-pyrrole nitrogens is 1. The van der Waals surface area contributed by atoms with Crippen LogP contribution < -0.4 is 10.9 Å². The summed E-state index contributed by atoms with van der Waals surface area (Å²) in [5.41, 5.74) is 8.24. The molecule has 0 radical (unpaired) electrons. The first kappa shape index (κ1) is 16.9. The molecule has 0 unspecified atom stereocenters. The van der Waals surface area contributed by atoms with Gasteiger partial charge >= 0.3 is 0 Å². The van der Waals surface area contributed by atoms with E-state index >= 15 is 0 Å². The Morgan fingerprint density at radius 2 is 1.72 bits per heavy atom. The number of nitrogens with two attached hydrogens (primary N) is 2. The Labute approximate surface area is 144 Å². The number of amides is 1. The highest BCUT2D eigenvalue weighted by Crippen LogP contribution is 2.36. The van der Waals surface area contributed by atoms with Gasteiger partial charge in [-0.1, -0.05) is 48.0 Å². The van der Waals surface area contributed by atoms with Crippen LogP contribution in [0.1, 0.15) is 16.1 Å². The van der Waals surface area contributed by atoms with Gasteiger partial charge in [0.15, 0.2) is 5.69 Å². The molecule has 0 bridgehead atoms. The number of hydrogen-bond acceptors (Lipinski definition) is 4. The van der Waals surface area contributed by atoms with E-state index in [-0.39, 0.29) is 16.2 Å². The van der Waals surface area contributed by atoms with E-state index in [1.807, 2.05) is 31.2 Å². The van der Waals surface area contributed by atoms with Gasteiger partial charge < -0.3 is 5.73 Å². The first-order valence-corrected chi connectivity index (χ1v) is 8.91. The van der Waals surface area contributed by atoms with Gasteiger partial charge in [0.1, 0.15) is 0 Å². The number of carbonyl (C=O) groups excluding carboxylic acids is 1. The quantitative estimate of drug-likeness (QED) is 0.657. The topological polar surface area (TPSA) is 132 Å². The van der Waals surface area contributed by atoms with Crippen LogP contribution in [0.25, 0.3) is 22.4 Å². The maximum Gasteiger partial charge on any atom is 0.269 e. The van der Waals surface area contributed by atoms with Crippen molar-refractivity contribution in [2.24, 2.45) is 10.9 Å². The third-order valence-corrected chi connectivity index (χ3v) is 4.77. The average Bonchev–Trinajstić information content (AvgIpc) is 3.00. The second-order valence-electron chi connectivity index (χ2n) is 5.59. The molecule has 7 nitrogen and oxygen atoms in total. The van der Waals surface area contributed by atoms with Crippen molar-refractivity contribution < 1.29 is 13.2 Å². The lowest BCUT2D eigenvalue weighted by Crippen LogP contribution is -2.16. The summed E-state index contributed by atoms with van der Waals surface area (Å²) < 4.78 is 23.9. The summed E-state index contributed by atoms with van der Waals surface area (Å²) in [6, 6.07) is 13.6. The Morgan fingerprint density at radius 1 is 1.08 bits per heavy atom. The zero-order chi connectivity index (χ0) is 18.2. The van der Waals surface area contributed by atoms with Crippen molar-refractivity contribution in [1.82, 2.24) is 10.2 Å². The third kappa shape index (κ3) is 3.17. The van der Waals surface area contributed by atoms with Crippen molar-refractivity contribution in [1.29, 1.82) is 0 Å². The zero-order valence-corrected chi connectivity index (χ0v) is 14.2. The Balaban J connectivity index is 2.35. The largest absolute Gasteiger partial charge is 0.364 e. The number of primary amides is 1. The van der Waals surface area contributed by atoms with E-state index < -0.39 is 15.9 Å². The maximum absolute atomic E-state index is 12.0. The number of carbonyl (C=O) groups is 1. The van der Waals surface area contributed by atoms with Crippen molar-refractivity contribution >= 4 is 15.9 Å². The number of nitrogens with zero attached hydrogens (tertiary/aromatic N) is 1. The van der Waals surface area contributed by atoms with Crippen LogP contribution in [0.3, 0.4) is 0 Å². The summed E-state index contributed by atoms with van der Waals surface area (Å²) in [4.78, 5) is 11.7. The van der Waals surface area contributed by atoms with E-state index in [1.54, 1.807) is 18.2 Å². The molecule has 1 aromatic heterocycles. The molecule has 0 aliphatic rings. The van der Waals surface area contributed by atoms with E-state index in [9.17, 15) is 13.2 Å². The predicted molar refractivity (Wildman–Crippen MR) is 94.1 cm³/mol. The predicted octanol–water partition coefficient (Wildman–Crippen LogP) is 1.80. The lowest BCUT2D eigenvalue weighted by molar-refractivity contribution is 0.0996. The fourth-order valence-corrected chi connectivity index (χ4v) is 3.38. The van der Waals surface area contributed by atoms with Crippen molar-refractivity contribution in [2.45, 2.75) is 11.8 Å². The van der Waals surface area contributed by atoms with E-state index in [0.29, 0.717) is 11.3 Å². The van der Waals surface area contributed by atoms with Gasteiger partial charge in [-0.05, 0) is 13.0 Å². The number of primary sulfonamides is 1. The molecule has 25 heavy (non-hydrogen) atoms. The first-order chi connectivity index (χ1) is 11.8. The van der Waals surface area contributed by atoms with Gasteiger partial charge in [0.2, 0.25) is 10.0 Å². The van der Waals surface area contributed by atoms with E-state index in [2.05, 4.69) is 10.2 Å². The fraction of sp³-hybridized carbons (Fsp3) is 0.0588. The highest BCUT2D eigenvalue weighted by Gasteiger charge is 2.25. The molecule has 0 spiro atoms. The first-order valence-electron chi connectivity index (χ1n) is 7.36. The Kier molecular flexibility index (Phi) is 4.15.